The van der Waals surface area contributed by atoms with Gasteiger partial charge in [0.25, 0.3) is 0 Å². The fourth-order valence-electron chi connectivity index (χ4n) is 21.1. The number of Topliss-reactive ketones (excluding diaryl/α,β-unsaturated/α-hetero) is 2. The van der Waals surface area contributed by atoms with Gasteiger partial charge in [0.2, 0.25) is 0 Å². The Labute approximate surface area is 519 Å². The minimum absolute atomic E-state index is 0.00361. The number of H-pyrrole nitrogens is 1. The van der Waals surface area contributed by atoms with Crippen molar-refractivity contribution in [2.75, 3.05) is 31.3 Å². The number of aliphatic hydroxyl groups excluding tert-OH is 4. The SMILES string of the molecule is CCC1OC(=O)C(c2cc[nH]c2)C1C1C#CCC2CC3(O)C4=C5NC(CO)C(=O)CC(c6ccc(O)cc6)CSSCC6C(O)C(O)CC(C)(C4CCC3(CCN=C(N)N)C2C(C)(O)C2(O)CCC3(C1)C1CC(C)CCC1=CCC3C(CO)C2)C6C5=O. The zero-order valence-corrected chi connectivity index (χ0v) is 52.5. The van der Waals surface area contributed by atoms with Crippen LogP contribution in [0.25, 0.3) is 0 Å². The molecule has 8 aliphatic carbocycles. The zero-order valence-electron chi connectivity index (χ0n) is 50.9. The van der Waals surface area contributed by atoms with Gasteiger partial charge in [-0.15, -0.1) is 5.92 Å². The van der Waals surface area contributed by atoms with Crippen LogP contribution in [0.15, 0.2) is 70.6 Å². The molecule has 23 atom stereocenters. The molecule has 474 valence electrons. The number of aromatic amines is 1. The highest BCUT2D eigenvalue weighted by Crippen LogP contribution is 2.74. The van der Waals surface area contributed by atoms with Crippen LogP contribution >= 0.6 is 21.6 Å². The number of esters is 1. The number of carbonyl (C=O) groups excluding carboxylic acids is 3. The summed E-state index contributed by atoms with van der Waals surface area (Å²) in [6, 6.07) is 7.28. The van der Waals surface area contributed by atoms with Gasteiger partial charge < -0.3 is 67.4 Å². The van der Waals surface area contributed by atoms with Crippen molar-refractivity contribution >= 4 is 45.1 Å². The Balaban J connectivity index is 1.07. The molecule has 14 N–H and O–H groups in total. The van der Waals surface area contributed by atoms with Gasteiger partial charge in [0.15, 0.2) is 17.5 Å². The molecule has 1 aromatic heterocycles. The third-order valence-electron chi connectivity index (χ3n) is 25.0. The van der Waals surface area contributed by atoms with Gasteiger partial charge in [0.05, 0.1) is 47.2 Å². The van der Waals surface area contributed by atoms with Gasteiger partial charge in [-0.3, -0.25) is 19.4 Å². The van der Waals surface area contributed by atoms with Crippen LogP contribution in [0.4, 0.5) is 0 Å². The molecule has 87 heavy (non-hydrogen) atoms. The van der Waals surface area contributed by atoms with Crippen LogP contribution in [-0.4, -0.2) is 142 Å². The van der Waals surface area contributed by atoms with Crippen LogP contribution in [0, 0.1) is 93.2 Å². The van der Waals surface area contributed by atoms with Crippen LogP contribution in [0.2, 0.25) is 0 Å². The van der Waals surface area contributed by atoms with Gasteiger partial charge in [0.1, 0.15) is 17.9 Å². The molecule has 4 bridgehead atoms. The lowest BCUT2D eigenvalue weighted by molar-refractivity contribution is -0.229. The van der Waals surface area contributed by atoms with E-state index in [1.165, 1.54) is 27.2 Å². The number of benzene rings is 1. The number of carbonyl (C=O) groups is 3. The predicted octanol–water partition coefficient (Wildman–Crippen LogP) is 6.53. The molecule has 0 amide bonds. The summed E-state index contributed by atoms with van der Waals surface area (Å²) in [7, 11) is 2.97. The highest BCUT2D eigenvalue weighted by Gasteiger charge is 2.76. The zero-order chi connectivity index (χ0) is 61.8. The molecule has 10 aliphatic rings. The number of cyclic esters (lactones) is 1. The van der Waals surface area contributed by atoms with E-state index in [-0.39, 0.29) is 123 Å². The van der Waals surface area contributed by atoms with E-state index < -0.39 is 117 Å². The van der Waals surface area contributed by atoms with E-state index in [1.807, 2.05) is 32.3 Å². The largest absolute Gasteiger partial charge is 0.508 e. The molecule has 17 nitrogen and oxygen atoms in total. The van der Waals surface area contributed by atoms with Crippen molar-refractivity contribution in [1.29, 1.82) is 0 Å². The number of ketones is 2. The average Bonchev–Trinajstić information content (AvgIpc) is 1.64. The van der Waals surface area contributed by atoms with Crippen molar-refractivity contribution in [1.82, 2.24) is 10.3 Å². The Morgan fingerprint density at radius 3 is 2.40 bits per heavy atom. The first-order valence-corrected chi connectivity index (χ1v) is 34.9. The molecule has 5 saturated carbocycles. The molecule has 2 aromatic rings. The molecule has 2 aliphatic heterocycles. The standard InChI is InChI=1S/C68H93N5O12S2/c1-5-52-53(54(61(81)85-52)41-18-23-71-31-41)39-7-6-8-40-29-68(84)56-47(63(3)30-51(78)58(79)45-35-87-86-34-42(37-11-14-44(76)15-12-37)26-50(77)49(33-75)73-57(56)59(80)55(45)63)17-19-66(68,22-24-72-62(69)70)60(40)64(4,82)67(83)21-20-65(27-39)46(43(28-67)32-74)16-13-38-10-9-36(2)25-48(38)65/h11-15,18,23,31,36,39-40,42-43,45-49,51-55,58,60,71,73-76,78-79,82-84H,5,8-10,16-17,19-22,24-30,32-35H2,1-4H3,(H4,69,70,72). The molecule has 3 heterocycles. The summed E-state index contributed by atoms with van der Waals surface area (Å²) < 4.78 is 6.37. The second-order valence-electron chi connectivity index (χ2n) is 29.1. The van der Waals surface area contributed by atoms with E-state index in [4.69, 9.17) is 16.2 Å². The van der Waals surface area contributed by atoms with Crippen LogP contribution in [0.1, 0.15) is 153 Å². The molecular formula is C68H93N5O12S2. The highest BCUT2D eigenvalue weighted by atomic mass is 33.1. The van der Waals surface area contributed by atoms with E-state index >= 15 is 9.90 Å². The van der Waals surface area contributed by atoms with E-state index in [9.17, 15) is 45.3 Å². The van der Waals surface area contributed by atoms with E-state index in [0.29, 0.717) is 49.3 Å². The molecule has 2 saturated heterocycles. The first kappa shape index (κ1) is 62.8. The normalized spacial score (nSPS) is 45.4. The van der Waals surface area contributed by atoms with Gasteiger partial charge in [-0.2, -0.15) is 0 Å². The highest BCUT2D eigenvalue weighted by molar-refractivity contribution is 8.76. The van der Waals surface area contributed by atoms with Crippen LogP contribution in [0.5, 0.6) is 5.75 Å². The Kier molecular flexibility index (Phi) is 17.1. The quantitative estimate of drug-likeness (QED) is 0.0317. The summed E-state index contributed by atoms with van der Waals surface area (Å²) in [5.74, 6) is 1.32. The number of rotatable bonds is 9. The number of aliphatic hydroxyl groups is 7. The van der Waals surface area contributed by atoms with E-state index in [2.05, 4.69) is 40.1 Å². The van der Waals surface area contributed by atoms with Crippen LogP contribution < -0.4 is 16.8 Å². The number of aromatic nitrogens is 1. The lowest BCUT2D eigenvalue weighted by Crippen LogP contribution is -2.68. The van der Waals surface area contributed by atoms with Crippen LogP contribution in [-0.2, 0) is 19.1 Å². The molecule has 23 unspecified atom stereocenters. The Morgan fingerprint density at radius 1 is 0.920 bits per heavy atom. The lowest BCUT2D eigenvalue weighted by atomic mass is 9.42. The number of nitrogens with zero attached hydrogens (tertiary/aromatic N) is 1. The number of nitrogens with one attached hydrogen (secondary N) is 2. The summed E-state index contributed by atoms with van der Waals surface area (Å²) in [5.41, 5.74) is 6.67. The summed E-state index contributed by atoms with van der Waals surface area (Å²) in [6.07, 6.45) is 9.29. The number of aromatic hydroxyl groups is 1. The van der Waals surface area contributed by atoms with Crippen molar-refractivity contribution in [2.24, 2.45) is 97.8 Å². The monoisotopic (exact) mass is 1240 g/mol. The first-order valence-electron chi connectivity index (χ1n) is 32.4. The van der Waals surface area contributed by atoms with Gasteiger partial charge in [-0.1, -0.05) is 72.1 Å². The second-order valence-corrected chi connectivity index (χ2v) is 31.7. The molecule has 1 aromatic carbocycles. The molecule has 1 spiro atoms. The van der Waals surface area contributed by atoms with Crippen LogP contribution in [0.3, 0.4) is 0 Å². The number of phenols is 1. The predicted molar refractivity (Wildman–Crippen MR) is 333 cm³/mol. The number of phenolic OH excluding ortho intramolecular Hbond substituents is 1. The number of nitrogens with two attached hydrogens (primary N) is 2. The summed E-state index contributed by atoms with van der Waals surface area (Å²) in [5, 5.41) is 105. The fourth-order valence-corrected chi connectivity index (χ4v) is 23.8. The van der Waals surface area contributed by atoms with Crippen molar-refractivity contribution in [3.05, 3.63) is 76.8 Å². The Hall–Kier alpha value is -4.36. The van der Waals surface area contributed by atoms with Gasteiger partial charge in [0, 0.05) is 90.8 Å². The maximum absolute atomic E-state index is 16.4. The minimum atomic E-state index is -2.03. The summed E-state index contributed by atoms with van der Waals surface area (Å²) in [4.78, 5) is 53.5. The molecule has 0 radical (unpaired) electrons. The number of hydrogen-bond donors (Lipinski definition) is 12. The summed E-state index contributed by atoms with van der Waals surface area (Å²) in [6.45, 7) is 7.10. The lowest BCUT2D eigenvalue weighted by Gasteiger charge is -2.64. The second kappa shape index (κ2) is 23.7. The molecule has 19 heteroatoms. The maximum Gasteiger partial charge on any atom is 0.314 e. The Morgan fingerprint density at radius 2 is 1.69 bits per heavy atom. The average molecular weight is 1240 g/mol. The number of fused-ring (bicyclic) bond motifs is 10. The van der Waals surface area contributed by atoms with E-state index in [1.54, 1.807) is 31.2 Å². The third-order valence-corrected chi connectivity index (χ3v) is 27.5. The number of aliphatic imine (C=N–C) groups is 1. The molecule has 7 fully saturated rings. The third kappa shape index (κ3) is 10.2. The summed E-state index contributed by atoms with van der Waals surface area (Å²) >= 11 is 0. The van der Waals surface area contributed by atoms with Gasteiger partial charge >= 0.3 is 5.97 Å². The molecular weight excluding hydrogens is 1140 g/mol. The van der Waals surface area contributed by atoms with Crippen molar-refractivity contribution < 1.29 is 60.0 Å². The number of ether oxygens (including phenoxy) is 1. The van der Waals surface area contributed by atoms with Crippen molar-refractivity contribution in [3.63, 3.8) is 0 Å². The number of allylic oxidation sites excluding steroid dienone is 3. The van der Waals surface area contributed by atoms with Crippen molar-refractivity contribution in [3.8, 4) is 17.6 Å². The molecule has 12 rings (SSSR count). The van der Waals surface area contributed by atoms with E-state index in [0.717, 1.165) is 30.4 Å². The minimum Gasteiger partial charge on any atom is -0.508 e. The maximum atomic E-state index is 16.4. The number of hydrogen-bond acceptors (Lipinski definition) is 16. The smallest absolute Gasteiger partial charge is 0.314 e. The van der Waals surface area contributed by atoms with Gasteiger partial charge in [-0.05, 0) is 178 Å². The van der Waals surface area contributed by atoms with Gasteiger partial charge in [-0.25, -0.2) is 0 Å². The first-order chi connectivity index (χ1) is 41.5. The number of guanidine groups is 1. The Bertz CT molecular complexity index is 3100. The topological polar surface area (TPSA) is 315 Å². The van der Waals surface area contributed by atoms with Crippen molar-refractivity contribution in [2.45, 2.75) is 183 Å². The fraction of sp³-hybridized carbons (Fsp3) is 0.706.